The van der Waals surface area contributed by atoms with Crippen LogP contribution in [0.5, 0.6) is 5.75 Å². The molecule has 0 saturated carbocycles. The van der Waals surface area contributed by atoms with Crippen LogP contribution in [-0.2, 0) is 4.79 Å². The number of nitrogens with zero attached hydrogens (tertiary/aromatic N) is 3. The van der Waals surface area contributed by atoms with Gasteiger partial charge in [0.1, 0.15) is 11.4 Å². The van der Waals surface area contributed by atoms with Crippen LogP contribution in [-0.4, -0.2) is 48.5 Å². The van der Waals surface area contributed by atoms with Gasteiger partial charge in [-0.05, 0) is 43.2 Å². The molecular formula is C21H24ClN3O4. The number of halogens is 1. The molecule has 8 heteroatoms. The third kappa shape index (κ3) is 5.38. The Labute approximate surface area is 175 Å². The largest absolute Gasteiger partial charge is 0.494 e. The number of hydrogen-bond donors (Lipinski definition) is 0. The molecule has 1 fully saturated rings. The maximum atomic E-state index is 12.5. The first-order valence-corrected chi connectivity index (χ1v) is 9.98. The Hall–Kier alpha value is -2.80. The second-order valence-electron chi connectivity index (χ2n) is 6.98. The molecule has 1 amide bonds. The van der Waals surface area contributed by atoms with Crippen molar-refractivity contribution >= 4 is 28.9 Å². The third-order valence-electron chi connectivity index (χ3n) is 4.98. The number of aryl methyl sites for hydroxylation is 1. The van der Waals surface area contributed by atoms with Gasteiger partial charge in [0.2, 0.25) is 5.91 Å². The summed E-state index contributed by atoms with van der Waals surface area (Å²) in [7, 11) is 0. The van der Waals surface area contributed by atoms with Crippen molar-refractivity contribution in [1.82, 2.24) is 4.90 Å². The minimum absolute atomic E-state index is 0.0862. The van der Waals surface area contributed by atoms with Crippen LogP contribution >= 0.6 is 11.6 Å². The summed E-state index contributed by atoms with van der Waals surface area (Å²) < 4.78 is 5.69. The molecule has 154 valence electrons. The standard InChI is InChI=1S/C21H24ClN3O4/c1-16-15-17(8-9-18(16)22)29-14-4-7-21(26)24-12-10-23(11-13-24)19-5-2-3-6-20(19)25(27)28/h2-3,5-6,8-9,15H,4,7,10-14H2,1H3. The van der Waals surface area contributed by atoms with Gasteiger partial charge in [0.15, 0.2) is 0 Å². The van der Waals surface area contributed by atoms with Crippen molar-refractivity contribution in [3.05, 3.63) is 63.2 Å². The highest BCUT2D eigenvalue weighted by Crippen LogP contribution is 2.28. The lowest BCUT2D eigenvalue weighted by Crippen LogP contribution is -2.49. The molecule has 3 rings (SSSR count). The molecule has 7 nitrogen and oxygen atoms in total. The first-order valence-electron chi connectivity index (χ1n) is 9.61. The van der Waals surface area contributed by atoms with Crippen molar-refractivity contribution in [2.75, 3.05) is 37.7 Å². The van der Waals surface area contributed by atoms with Crippen LogP contribution in [0.1, 0.15) is 18.4 Å². The van der Waals surface area contributed by atoms with Crippen molar-refractivity contribution in [2.24, 2.45) is 0 Å². The van der Waals surface area contributed by atoms with Gasteiger partial charge in [-0.2, -0.15) is 0 Å². The summed E-state index contributed by atoms with van der Waals surface area (Å²) in [5.41, 5.74) is 1.66. The predicted molar refractivity (Wildman–Crippen MR) is 113 cm³/mol. The first-order chi connectivity index (χ1) is 14.0. The molecule has 0 bridgehead atoms. The second-order valence-corrected chi connectivity index (χ2v) is 7.38. The molecule has 29 heavy (non-hydrogen) atoms. The van der Waals surface area contributed by atoms with Gasteiger partial charge in [-0.1, -0.05) is 23.7 Å². The Kier molecular flexibility index (Phi) is 6.93. The van der Waals surface area contributed by atoms with Crippen LogP contribution in [0.15, 0.2) is 42.5 Å². The minimum Gasteiger partial charge on any atom is -0.494 e. The molecule has 0 aromatic heterocycles. The van der Waals surface area contributed by atoms with Crippen LogP contribution in [0.2, 0.25) is 5.02 Å². The van der Waals surface area contributed by atoms with Crippen molar-refractivity contribution in [3.63, 3.8) is 0 Å². The molecule has 0 atom stereocenters. The van der Waals surface area contributed by atoms with E-state index in [1.165, 1.54) is 6.07 Å². The zero-order valence-corrected chi connectivity index (χ0v) is 17.1. The molecular weight excluding hydrogens is 394 g/mol. The van der Waals surface area contributed by atoms with Gasteiger partial charge in [-0.25, -0.2) is 0 Å². The van der Waals surface area contributed by atoms with Crippen molar-refractivity contribution in [1.29, 1.82) is 0 Å². The quantitative estimate of drug-likeness (QED) is 0.385. The second kappa shape index (κ2) is 9.60. The number of hydrogen-bond acceptors (Lipinski definition) is 5. The number of para-hydroxylation sites is 2. The SMILES string of the molecule is Cc1cc(OCCCC(=O)N2CCN(c3ccccc3[N+](=O)[O-])CC2)ccc1Cl. The first kappa shape index (κ1) is 20.9. The zero-order valence-electron chi connectivity index (χ0n) is 16.3. The number of nitro groups is 1. The van der Waals surface area contributed by atoms with Gasteiger partial charge in [-0.15, -0.1) is 0 Å². The number of rotatable bonds is 7. The number of amides is 1. The number of benzene rings is 2. The van der Waals surface area contributed by atoms with E-state index in [0.717, 1.165) is 11.3 Å². The summed E-state index contributed by atoms with van der Waals surface area (Å²) in [6, 6.07) is 12.2. The van der Waals surface area contributed by atoms with Gasteiger partial charge in [0, 0.05) is 43.7 Å². The van der Waals surface area contributed by atoms with Crippen LogP contribution in [0.25, 0.3) is 0 Å². The summed E-state index contributed by atoms with van der Waals surface area (Å²) in [6.45, 7) is 4.66. The van der Waals surface area contributed by atoms with Gasteiger partial charge in [0.25, 0.3) is 5.69 Å². The van der Waals surface area contributed by atoms with E-state index < -0.39 is 0 Å². The lowest BCUT2D eigenvalue weighted by molar-refractivity contribution is -0.384. The predicted octanol–water partition coefficient (Wildman–Crippen LogP) is 4.06. The molecule has 0 radical (unpaired) electrons. The number of carbonyl (C=O) groups is 1. The fourth-order valence-corrected chi connectivity index (χ4v) is 3.48. The summed E-state index contributed by atoms with van der Waals surface area (Å²) >= 11 is 6.00. The van der Waals surface area contributed by atoms with Crippen molar-refractivity contribution in [2.45, 2.75) is 19.8 Å². The fourth-order valence-electron chi connectivity index (χ4n) is 3.36. The van der Waals surface area contributed by atoms with Crippen LogP contribution in [0.4, 0.5) is 11.4 Å². The van der Waals surface area contributed by atoms with E-state index in [1.54, 1.807) is 24.3 Å². The van der Waals surface area contributed by atoms with Crippen molar-refractivity contribution < 1.29 is 14.5 Å². The molecule has 0 unspecified atom stereocenters. The Morgan fingerprint density at radius 2 is 1.90 bits per heavy atom. The van der Waals surface area contributed by atoms with E-state index in [9.17, 15) is 14.9 Å². The van der Waals surface area contributed by atoms with Gasteiger partial charge in [0.05, 0.1) is 11.5 Å². The maximum absolute atomic E-state index is 12.5. The summed E-state index contributed by atoms with van der Waals surface area (Å²) in [6.07, 6.45) is 1.04. The summed E-state index contributed by atoms with van der Waals surface area (Å²) in [4.78, 5) is 27.1. The summed E-state index contributed by atoms with van der Waals surface area (Å²) in [5.74, 6) is 0.834. The Morgan fingerprint density at radius 3 is 2.59 bits per heavy atom. The van der Waals surface area contributed by atoms with Crippen LogP contribution in [0, 0.1) is 17.0 Å². The molecule has 0 N–H and O–H groups in total. The van der Waals surface area contributed by atoms with E-state index in [1.807, 2.05) is 28.9 Å². The Balaban J connectivity index is 1.43. The van der Waals surface area contributed by atoms with Gasteiger partial charge in [-0.3, -0.25) is 14.9 Å². The molecule has 0 spiro atoms. The normalized spacial score (nSPS) is 14.0. The minimum atomic E-state index is -0.366. The van der Waals surface area contributed by atoms with E-state index >= 15 is 0 Å². The highest BCUT2D eigenvalue weighted by molar-refractivity contribution is 6.31. The summed E-state index contributed by atoms with van der Waals surface area (Å²) in [5, 5.41) is 11.9. The van der Waals surface area contributed by atoms with Gasteiger partial charge >= 0.3 is 0 Å². The molecule has 1 saturated heterocycles. The van der Waals surface area contributed by atoms with E-state index in [0.29, 0.717) is 56.3 Å². The fraction of sp³-hybridized carbons (Fsp3) is 0.381. The lowest BCUT2D eigenvalue weighted by Gasteiger charge is -2.35. The molecule has 2 aromatic rings. The van der Waals surface area contributed by atoms with Crippen LogP contribution in [0.3, 0.4) is 0 Å². The molecule has 1 aliphatic heterocycles. The van der Waals surface area contributed by atoms with E-state index in [2.05, 4.69) is 0 Å². The molecule has 1 heterocycles. The van der Waals surface area contributed by atoms with Gasteiger partial charge < -0.3 is 14.5 Å². The highest BCUT2D eigenvalue weighted by atomic mass is 35.5. The Morgan fingerprint density at radius 1 is 1.17 bits per heavy atom. The monoisotopic (exact) mass is 417 g/mol. The van der Waals surface area contributed by atoms with Crippen LogP contribution < -0.4 is 9.64 Å². The number of piperazine rings is 1. The highest BCUT2D eigenvalue weighted by Gasteiger charge is 2.25. The molecule has 0 aliphatic carbocycles. The number of carbonyl (C=O) groups excluding carboxylic acids is 1. The Bertz CT molecular complexity index is 882. The molecule has 2 aromatic carbocycles. The average molecular weight is 418 g/mol. The maximum Gasteiger partial charge on any atom is 0.292 e. The number of ether oxygens (including phenoxy) is 1. The van der Waals surface area contributed by atoms with E-state index in [-0.39, 0.29) is 16.5 Å². The molecule has 1 aliphatic rings. The van der Waals surface area contributed by atoms with E-state index in [4.69, 9.17) is 16.3 Å². The number of anilines is 1. The zero-order chi connectivity index (χ0) is 20.8. The smallest absolute Gasteiger partial charge is 0.292 e. The van der Waals surface area contributed by atoms with Crippen molar-refractivity contribution in [3.8, 4) is 5.75 Å². The lowest BCUT2D eigenvalue weighted by atomic mass is 10.2. The average Bonchev–Trinajstić information content (AvgIpc) is 2.73. The number of nitro benzene ring substituents is 1. The topological polar surface area (TPSA) is 75.9 Å². The third-order valence-corrected chi connectivity index (χ3v) is 5.41.